The van der Waals surface area contributed by atoms with Crippen LogP contribution in [0.2, 0.25) is 0 Å². The highest BCUT2D eigenvalue weighted by Crippen LogP contribution is 1.90. The summed E-state index contributed by atoms with van der Waals surface area (Å²) in [7, 11) is -0.729. The van der Waals surface area contributed by atoms with Crippen molar-refractivity contribution < 1.29 is 4.21 Å². The highest BCUT2D eigenvalue weighted by Gasteiger charge is 1.97. The molecule has 0 aliphatic carbocycles. The van der Waals surface area contributed by atoms with Gasteiger partial charge in [0, 0.05) is 28.9 Å². The van der Waals surface area contributed by atoms with Crippen LogP contribution < -0.4 is 0 Å². The quantitative estimate of drug-likeness (QED) is 0.736. The maximum Gasteiger partial charge on any atom is 0.194 e. The summed E-state index contributed by atoms with van der Waals surface area (Å²) in [5, 5.41) is 6.40. The summed E-state index contributed by atoms with van der Waals surface area (Å²) in [5.41, 5.74) is 0. The summed E-state index contributed by atoms with van der Waals surface area (Å²) in [6, 6.07) is 0. The average Bonchev–Trinajstić information content (AvgIpc) is 2.47. The lowest BCUT2D eigenvalue weighted by molar-refractivity contribution is 0.672. The highest BCUT2D eigenvalue weighted by molar-refractivity contribution is 7.84. The van der Waals surface area contributed by atoms with Crippen molar-refractivity contribution in [3.63, 3.8) is 0 Å². The molecule has 0 radical (unpaired) electrons. The van der Waals surface area contributed by atoms with Crippen molar-refractivity contribution in [1.82, 2.24) is 14.8 Å². The molecule has 4 nitrogen and oxygen atoms in total. The van der Waals surface area contributed by atoms with Crippen LogP contribution in [-0.4, -0.2) is 30.5 Å². The smallest absolute Gasteiger partial charge is 0.194 e. The number of rotatable bonds is 4. The maximum atomic E-state index is 11.1. The van der Waals surface area contributed by atoms with Gasteiger partial charge in [-0.15, -0.1) is 0 Å². The number of aromatic nitrogens is 3. The zero-order valence-corrected chi connectivity index (χ0v) is 8.45. The summed E-state index contributed by atoms with van der Waals surface area (Å²) in [5.74, 6) is 1.34. The van der Waals surface area contributed by atoms with Gasteiger partial charge in [-0.3, -0.25) is 9.31 Å². The monoisotopic (exact) mass is 205 g/mol. The topological polar surface area (TPSA) is 50.7 Å². The first-order valence-corrected chi connectivity index (χ1v) is 5.58. The third-order valence-corrected chi connectivity index (χ3v) is 3.11. The Hall–Kier alpha value is -0.490. The number of hydrogen-bond acceptors (Lipinski definition) is 3. The van der Waals surface area contributed by atoms with Crippen molar-refractivity contribution in [2.24, 2.45) is 0 Å². The standard InChI is InChI=1S/C6H11N3OS2/c1-2-12(10)4-3-9-5-7-8-6(9)11/h5H,2-4H2,1H3,(H,8,11). The van der Waals surface area contributed by atoms with Crippen LogP contribution in [0.1, 0.15) is 6.92 Å². The molecule has 68 valence electrons. The van der Waals surface area contributed by atoms with E-state index >= 15 is 0 Å². The van der Waals surface area contributed by atoms with Crippen LogP contribution in [0.5, 0.6) is 0 Å². The fourth-order valence-corrected chi connectivity index (χ4v) is 1.65. The highest BCUT2D eigenvalue weighted by atomic mass is 32.2. The lowest BCUT2D eigenvalue weighted by Crippen LogP contribution is -2.08. The molecule has 1 aromatic rings. The van der Waals surface area contributed by atoms with Gasteiger partial charge in [0.25, 0.3) is 0 Å². The molecule has 0 saturated heterocycles. The van der Waals surface area contributed by atoms with Gasteiger partial charge in [0.05, 0.1) is 0 Å². The third-order valence-electron chi connectivity index (χ3n) is 1.50. The Morgan fingerprint density at radius 3 is 3.08 bits per heavy atom. The first-order valence-electron chi connectivity index (χ1n) is 3.69. The number of aryl methyl sites for hydroxylation is 1. The van der Waals surface area contributed by atoms with Crippen LogP contribution in [0.15, 0.2) is 6.33 Å². The Bertz CT molecular complexity index is 317. The summed E-state index contributed by atoms with van der Waals surface area (Å²) in [4.78, 5) is 0. The van der Waals surface area contributed by atoms with E-state index < -0.39 is 10.8 Å². The lowest BCUT2D eigenvalue weighted by Gasteiger charge is -1.98. The van der Waals surface area contributed by atoms with Crippen molar-refractivity contribution in [2.75, 3.05) is 11.5 Å². The molecule has 0 aromatic carbocycles. The van der Waals surface area contributed by atoms with E-state index in [0.717, 1.165) is 0 Å². The van der Waals surface area contributed by atoms with Gasteiger partial charge in [0.1, 0.15) is 6.33 Å². The molecule has 1 heterocycles. The van der Waals surface area contributed by atoms with E-state index in [4.69, 9.17) is 12.2 Å². The van der Waals surface area contributed by atoms with Crippen LogP contribution in [0.3, 0.4) is 0 Å². The molecule has 12 heavy (non-hydrogen) atoms. The molecular weight excluding hydrogens is 194 g/mol. The molecular formula is C6H11N3OS2. The van der Waals surface area contributed by atoms with Gasteiger partial charge in [0.15, 0.2) is 4.77 Å². The van der Waals surface area contributed by atoms with E-state index in [9.17, 15) is 4.21 Å². The Morgan fingerprint density at radius 1 is 1.83 bits per heavy atom. The summed E-state index contributed by atoms with van der Waals surface area (Å²) >= 11 is 4.92. The summed E-state index contributed by atoms with van der Waals surface area (Å²) in [6.07, 6.45) is 1.62. The molecule has 1 unspecified atom stereocenters. The number of hydrogen-bond donors (Lipinski definition) is 1. The summed E-state index contributed by atoms with van der Waals surface area (Å²) in [6.45, 7) is 2.58. The second-order valence-corrected chi connectivity index (χ2v) is 4.54. The molecule has 0 amide bonds. The molecule has 1 rings (SSSR count). The van der Waals surface area contributed by atoms with Gasteiger partial charge in [-0.1, -0.05) is 6.92 Å². The van der Waals surface area contributed by atoms with Crippen LogP contribution in [0.4, 0.5) is 0 Å². The zero-order chi connectivity index (χ0) is 8.97. The van der Waals surface area contributed by atoms with Gasteiger partial charge < -0.3 is 4.57 Å². The Kier molecular flexibility index (Phi) is 3.61. The Morgan fingerprint density at radius 2 is 2.58 bits per heavy atom. The third kappa shape index (κ3) is 2.53. The van der Waals surface area contributed by atoms with Crippen molar-refractivity contribution in [1.29, 1.82) is 0 Å². The van der Waals surface area contributed by atoms with E-state index in [0.29, 0.717) is 22.8 Å². The fourth-order valence-electron chi connectivity index (χ4n) is 0.774. The van der Waals surface area contributed by atoms with E-state index in [1.807, 2.05) is 6.92 Å². The summed E-state index contributed by atoms with van der Waals surface area (Å²) < 4.78 is 13.4. The van der Waals surface area contributed by atoms with E-state index in [2.05, 4.69) is 10.2 Å². The van der Waals surface area contributed by atoms with Crippen LogP contribution in [0, 0.1) is 4.77 Å². The maximum absolute atomic E-state index is 11.1. The molecule has 6 heteroatoms. The minimum absolute atomic E-state index is 0.586. The lowest BCUT2D eigenvalue weighted by atomic mass is 10.7. The molecule has 0 spiro atoms. The van der Waals surface area contributed by atoms with Crippen molar-refractivity contribution in [3.05, 3.63) is 11.1 Å². The van der Waals surface area contributed by atoms with Gasteiger partial charge in [0.2, 0.25) is 0 Å². The first kappa shape index (κ1) is 9.60. The first-order chi connectivity index (χ1) is 5.74. The second kappa shape index (κ2) is 4.51. The number of nitrogens with zero attached hydrogens (tertiary/aromatic N) is 2. The molecule has 0 bridgehead atoms. The van der Waals surface area contributed by atoms with E-state index in [1.165, 1.54) is 0 Å². The Balaban J connectivity index is 2.49. The zero-order valence-electron chi connectivity index (χ0n) is 6.82. The molecule has 1 N–H and O–H groups in total. The predicted molar refractivity (Wildman–Crippen MR) is 51.0 cm³/mol. The molecule has 1 aromatic heterocycles. The average molecular weight is 205 g/mol. The normalized spacial score (nSPS) is 13.1. The predicted octanol–water partition coefficient (Wildman–Crippen LogP) is 0.709. The van der Waals surface area contributed by atoms with Crippen molar-refractivity contribution in [3.8, 4) is 0 Å². The fraction of sp³-hybridized carbons (Fsp3) is 0.667. The largest absolute Gasteiger partial charge is 0.306 e. The van der Waals surface area contributed by atoms with Crippen molar-refractivity contribution in [2.45, 2.75) is 13.5 Å². The van der Waals surface area contributed by atoms with Crippen LogP contribution in [-0.2, 0) is 17.3 Å². The van der Waals surface area contributed by atoms with Gasteiger partial charge in [-0.25, -0.2) is 0 Å². The Labute approximate surface area is 78.5 Å². The van der Waals surface area contributed by atoms with Crippen LogP contribution in [0.25, 0.3) is 0 Å². The second-order valence-electron chi connectivity index (χ2n) is 2.29. The molecule has 0 aliphatic rings. The number of nitrogens with one attached hydrogen (secondary N) is 1. The SMILES string of the molecule is CCS(=O)CCn1cn[nH]c1=S. The number of H-pyrrole nitrogens is 1. The molecule has 0 aliphatic heterocycles. The molecule has 1 atom stereocenters. The molecule has 0 saturated carbocycles. The van der Waals surface area contributed by atoms with Gasteiger partial charge in [-0.05, 0) is 12.2 Å². The van der Waals surface area contributed by atoms with E-state index in [-0.39, 0.29) is 0 Å². The van der Waals surface area contributed by atoms with E-state index in [1.54, 1.807) is 10.9 Å². The molecule has 0 fully saturated rings. The van der Waals surface area contributed by atoms with Crippen LogP contribution >= 0.6 is 12.2 Å². The van der Waals surface area contributed by atoms with Gasteiger partial charge in [-0.2, -0.15) is 5.10 Å². The van der Waals surface area contributed by atoms with Gasteiger partial charge >= 0.3 is 0 Å². The van der Waals surface area contributed by atoms with Crippen molar-refractivity contribution >= 4 is 23.0 Å². The number of aromatic amines is 1. The minimum atomic E-state index is -0.729. The minimum Gasteiger partial charge on any atom is -0.306 e.